The highest BCUT2D eigenvalue weighted by Gasteiger charge is 2.08. The van der Waals surface area contributed by atoms with E-state index in [2.05, 4.69) is 30.9 Å². The van der Waals surface area contributed by atoms with E-state index in [-0.39, 0.29) is 24.8 Å². The van der Waals surface area contributed by atoms with E-state index in [1.54, 1.807) is 42.6 Å². The Morgan fingerprint density at radius 1 is 0.967 bits per heavy atom. The lowest BCUT2D eigenvalue weighted by Crippen LogP contribution is -2.28. The third-order valence-corrected chi connectivity index (χ3v) is 4.05. The molecule has 0 aliphatic rings. The van der Waals surface area contributed by atoms with E-state index >= 15 is 0 Å². The zero-order valence-corrected chi connectivity index (χ0v) is 16.3. The molecule has 0 aliphatic heterocycles. The molecule has 5 N–H and O–H groups in total. The smallest absolute Gasteiger partial charge is 0.320 e. The molecule has 2 aromatic heterocycles. The average Bonchev–Trinajstić information content (AvgIpc) is 2.72. The molecule has 10 heteroatoms. The number of nitrogens with zero attached hydrogens (tertiary/aromatic N) is 3. The van der Waals surface area contributed by atoms with Gasteiger partial charge in [-0.2, -0.15) is 0 Å². The van der Waals surface area contributed by atoms with Crippen molar-refractivity contribution in [3.05, 3.63) is 42.6 Å². The van der Waals surface area contributed by atoms with Crippen LogP contribution in [-0.4, -0.2) is 39.3 Å². The summed E-state index contributed by atoms with van der Waals surface area (Å²) in [7, 11) is 0. The van der Waals surface area contributed by atoms with Crippen LogP contribution in [0.2, 0.25) is 0 Å². The molecular formula is C20H21N7O3. The number of carbonyl (C=O) groups is 3. The summed E-state index contributed by atoms with van der Waals surface area (Å²) >= 11 is 0. The maximum absolute atomic E-state index is 11.8. The highest BCUT2D eigenvalue weighted by Crippen LogP contribution is 2.21. The van der Waals surface area contributed by atoms with Gasteiger partial charge in [0, 0.05) is 30.6 Å². The van der Waals surface area contributed by atoms with Gasteiger partial charge in [0.1, 0.15) is 11.3 Å². The Morgan fingerprint density at radius 2 is 1.73 bits per heavy atom. The van der Waals surface area contributed by atoms with E-state index in [4.69, 9.17) is 5.73 Å². The number of fused-ring (bicyclic) bond motifs is 1. The van der Waals surface area contributed by atoms with Gasteiger partial charge in [-0.15, -0.1) is 0 Å². The van der Waals surface area contributed by atoms with Crippen LogP contribution in [0.4, 0.5) is 16.3 Å². The lowest BCUT2D eigenvalue weighted by atomic mass is 10.1. The van der Waals surface area contributed by atoms with E-state index < -0.39 is 5.91 Å². The minimum absolute atomic E-state index is 0.000541. The summed E-state index contributed by atoms with van der Waals surface area (Å²) in [6.07, 6.45) is 1.66. The molecule has 30 heavy (non-hydrogen) atoms. The SMILES string of the molecule is CCNC(=O)Nc1ccc2ncc(-c3ccc(NC(=O)CCC(N)=O)cc3)nc2n1. The molecule has 0 atom stereocenters. The summed E-state index contributed by atoms with van der Waals surface area (Å²) in [5, 5.41) is 7.97. The lowest BCUT2D eigenvalue weighted by molar-refractivity contribution is -0.122. The van der Waals surface area contributed by atoms with Crippen LogP contribution >= 0.6 is 0 Å². The van der Waals surface area contributed by atoms with Crippen molar-refractivity contribution in [2.75, 3.05) is 17.2 Å². The number of nitrogens with two attached hydrogens (primary N) is 1. The Morgan fingerprint density at radius 3 is 2.43 bits per heavy atom. The number of amides is 4. The number of rotatable bonds is 7. The number of hydrogen-bond donors (Lipinski definition) is 4. The van der Waals surface area contributed by atoms with Crippen LogP contribution < -0.4 is 21.7 Å². The molecule has 3 rings (SSSR count). The van der Waals surface area contributed by atoms with Gasteiger partial charge >= 0.3 is 6.03 Å². The van der Waals surface area contributed by atoms with Crippen molar-refractivity contribution in [2.45, 2.75) is 19.8 Å². The van der Waals surface area contributed by atoms with Crippen LogP contribution in [0.5, 0.6) is 0 Å². The monoisotopic (exact) mass is 407 g/mol. The second-order valence-corrected chi connectivity index (χ2v) is 6.37. The Kier molecular flexibility index (Phi) is 6.48. The van der Waals surface area contributed by atoms with Gasteiger partial charge in [0.05, 0.1) is 11.9 Å². The summed E-state index contributed by atoms with van der Waals surface area (Å²) in [5.41, 5.74) is 8.00. The predicted octanol–water partition coefficient (Wildman–Crippen LogP) is 2.04. The van der Waals surface area contributed by atoms with Gasteiger partial charge < -0.3 is 16.4 Å². The van der Waals surface area contributed by atoms with Crippen LogP contribution in [0.15, 0.2) is 42.6 Å². The predicted molar refractivity (Wildman–Crippen MR) is 113 cm³/mol. The molecule has 0 radical (unpaired) electrons. The van der Waals surface area contributed by atoms with Gasteiger partial charge in [0.2, 0.25) is 11.8 Å². The molecule has 154 valence electrons. The molecule has 0 saturated heterocycles. The molecule has 2 heterocycles. The van der Waals surface area contributed by atoms with Gasteiger partial charge in [0.15, 0.2) is 5.65 Å². The maximum atomic E-state index is 11.8. The van der Waals surface area contributed by atoms with Gasteiger partial charge in [-0.1, -0.05) is 12.1 Å². The molecule has 0 unspecified atom stereocenters. The third kappa shape index (κ3) is 5.47. The van der Waals surface area contributed by atoms with Gasteiger partial charge in [-0.25, -0.2) is 14.8 Å². The molecule has 0 saturated carbocycles. The Hall–Kier alpha value is -4.08. The second-order valence-electron chi connectivity index (χ2n) is 6.37. The quantitative estimate of drug-likeness (QED) is 0.470. The molecule has 1 aromatic carbocycles. The molecule has 3 aromatic rings. The topological polar surface area (TPSA) is 152 Å². The number of urea groups is 1. The number of primary amides is 1. The van der Waals surface area contributed by atoms with E-state index in [9.17, 15) is 14.4 Å². The molecule has 10 nitrogen and oxygen atoms in total. The number of aromatic nitrogens is 3. The highest BCUT2D eigenvalue weighted by atomic mass is 16.2. The van der Waals surface area contributed by atoms with Crippen molar-refractivity contribution in [1.29, 1.82) is 0 Å². The second kappa shape index (κ2) is 9.41. The van der Waals surface area contributed by atoms with Gasteiger partial charge in [0.25, 0.3) is 0 Å². The fourth-order valence-electron chi connectivity index (χ4n) is 2.61. The molecule has 0 bridgehead atoms. The zero-order chi connectivity index (χ0) is 21.5. The fourth-order valence-corrected chi connectivity index (χ4v) is 2.61. The van der Waals surface area contributed by atoms with Crippen molar-refractivity contribution in [1.82, 2.24) is 20.3 Å². The number of hydrogen-bond acceptors (Lipinski definition) is 6. The van der Waals surface area contributed by atoms with Crippen molar-refractivity contribution >= 4 is 40.5 Å². The van der Waals surface area contributed by atoms with Crippen molar-refractivity contribution in [3.8, 4) is 11.3 Å². The number of pyridine rings is 1. The van der Waals surface area contributed by atoms with E-state index in [0.717, 1.165) is 5.56 Å². The van der Waals surface area contributed by atoms with E-state index in [1.165, 1.54) is 0 Å². The van der Waals surface area contributed by atoms with Crippen molar-refractivity contribution in [2.24, 2.45) is 5.73 Å². The Labute approximate surface area is 172 Å². The fraction of sp³-hybridized carbons (Fsp3) is 0.200. The van der Waals surface area contributed by atoms with Crippen LogP contribution in [0.1, 0.15) is 19.8 Å². The maximum Gasteiger partial charge on any atom is 0.320 e. The minimum Gasteiger partial charge on any atom is -0.370 e. The molecule has 0 aliphatic carbocycles. The van der Waals surface area contributed by atoms with Crippen LogP contribution in [0.3, 0.4) is 0 Å². The first-order valence-electron chi connectivity index (χ1n) is 9.32. The summed E-state index contributed by atoms with van der Waals surface area (Å²) in [6, 6.07) is 10.1. The van der Waals surface area contributed by atoms with Gasteiger partial charge in [-0.3, -0.25) is 19.9 Å². The molecule has 4 amide bonds. The molecule has 0 spiro atoms. The summed E-state index contributed by atoms with van der Waals surface area (Å²) in [6.45, 7) is 2.33. The van der Waals surface area contributed by atoms with Gasteiger partial charge in [-0.05, 0) is 31.2 Å². The summed E-state index contributed by atoms with van der Waals surface area (Å²) in [4.78, 5) is 47.4. The summed E-state index contributed by atoms with van der Waals surface area (Å²) in [5.74, 6) is -0.439. The molecular weight excluding hydrogens is 386 g/mol. The van der Waals surface area contributed by atoms with E-state index in [0.29, 0.717) is 34.9 Å². The largest absolute Gasteiger partial charge is 0.370 e. The molecule has 0 fully saturated rings. The Bertz CT molecular complexity index is 1080. The van der Waals surface area contributed by atoms with Crippen LogP contribution in [0, 0.1) is 0 Å². The number of nitrogens with one attached hydrogen (secondary N) is 3. The zero-order valence-electron chi connectivity index (χ0n) is 16.3. The minimum atomic E-state index is -0.520. The van der Waals surface area contributed by atoms with E-state index in [1.807, 2.05) is 6.92 Å². The lowest BCUT2D eigenvalue weighted by Gasteiger charge is -2.08. The average molecular weight is 407 g/mol. The highest BCUT2D eigenvalue weighted by molar-refractivity contribution is 5.93. The normalized spacial score (nSPS) is 10.4. The third-order valence-electron chi connectivity index (χ3n) is 4.05. The van der Waals surface area contributed by atoms with Crippen molar-refractivity contribution in [3.63, 3.8) is 0 Å². The van der Waals surface area contributed by atoms with Crippen LogP contribution in [0.25, 0.3) is 22.4 Å². The summed E-state index contributed by atoms with van der Waals surface area (Å²) < 4.78 is 0. The first-order chi connectivity index (χ1) is 14.4. The number of carbonyl (C=O) groups excluding carboxylic acids is 3. The number of anilines is 2. The standard InChI is InChI=1S/C20H21N7O3/c1-2-22-20(30)27-17-9-7-14-19(26-17)25-15(11-23-14)12-3-5-13(6-4-12)24-18(29)10-8-16(21)28/h3-7,9,11H,2,8,10H2,1H3,(H2,21,28)(H,24,29)(H2,22,25,26,27,30). The van der Waals surface area contributed by atoms with Crippen molar-refractivity contribution < 1.29 is 14.4 Å². The number of benzene rings is 1. The Balaban J connectivity index is 1.74. The first-order valence-corrected chi connectivity index (χ1v) is 9.32. The first kappa shape index (κ1) is 20.6. The van der Waals surface area contributed by atoms with Crippen LogP contribution in [-0.2, 0) is 9.59 Å².